The molecule has 0 aliphatic heterocycles. The van der Waals surface area contributed by atoms with Crippen LogP contribution in [0.2, 0.25) is 0 Å². The third kappa shape index (κ3) is 4.58. The second kappa shape index (κ2) is 7.75. The van der Waals surface area contributed by atoms with Gasteiger partial charge in [0.05, 0.1) is 0 Å². The van der Waals surface area contributed by atoms with Gasteiger partial charge in [0.25, 0.3) is 0 Å². The highest BCUT2D eigenvalue weighted by Gasteiger charge is 1.87. The number of allylic oxidation sites excluding steroid dienone is 4. The zero-order valence-electron chi connectivity index (χ0n) is 11.4. The minimum absolute atomic E-state index is 1.18. The van der Waals surface area contributed by atoms with Gasteiger partial charge in [0, 0.05) is 0 Å². The number of hydrogen-bond donors (Lipinski definition) is 0. The zero-order valence-corrected chi connectivity index (χ0v) is 11.4. The smallest absolute Gasteiger partial charge is 0.0256 e. The minimum Gasteiger partial charge on any atom is -0.0991 e. The summed E-state index contributed by atoms with van der Waals surface area (Å²) in [5.74, 6) is 0. The van der Waals surface area contributed by atoms with Gasteiger partial charge in [0.15, 0.2) is 0 Å². The first-order valence-corrected chi connectivity index (χ1v) is 6.67. The van der Waals surface area contributed by atoms with Crippen LogP contribution in [0.3, 0.4) is 0 Å². The predicted octanol–water partition coefficient (Wildman–Crippen LogP) is 5.61. The number of rotatable bonds is 5. The maximum atomic E-state index is 3.66. The summed E-state index contributed by atoms with van der Waals surface area (Å²) in [4.78, 5) is 0. The van der Waals surface area contributed by atoms with E-state index < -0.39 is 0 Å². The molecule has 0 heteroatoms. The maximum absolute atomic E-state index is 3.66. The van der Waals surface area contributed by atoms with Crippen molar-refractivity contribution < 1.29 is 0 Å². The van der Waals surface area contributed by atoms with Gasteiger partial charge in [-0.25, -0.2) is 0 Å². The Morgan fingerprint density at radius 2 is 1.00 bits per heavy atom. The summed E-state index contributed by atoms with van der Waals surface area (Å²) in [5, 5.41) is 0. The molecule has 0 saturated heterocycles. The van der Waals surface area contributed by atoms with Crippen molar-refractivity contribution in [1.29, 1.82) is 0 Å². The Morgan fingerprint density at radius 1 is 0.550 bits per heavy atom. The van der Waals surface area contributed by atoms with Crippen molar-refractivity contribution in [2.75, 3.05) is 0 Å². The van der Waals surface area contributed by atoms with E-state index in [1.54, 1.807) is 6.08 Å². The molecule has 0 aliphatic carbocycles. The van der Waals surface area contributed by atoms with Crippen LogP contribution in [0, 0.1) is 0 Å². The first-order chi connectivity index (χ1) is 9.88. The van der Waals surface area contributed by atoms with Gasteiger partial charge < -0.3 is 0 Å². The molecule has 0 spiro atoms. The molecule has 0 N–H and O–H groups in total. The van der Waals surface area contributed by atoms with E-state index in [0.29, 0.717) is 0 Å². The molecule has 0 nitrogen and oxygen atoms in total. The van der Waals surface area contributed by atoms with Gasteiger partial charge in [-0.3, -0.25) is 0 Å². The molecule has 2 rings (SSSR count). The van der Waals surface area contributed by atoms with Gasteiger partial charge in [0.2, 0.25) is 0 Å². The van der Waals surface area contributed by atoms with Crippen LogP contribution in [-0.2, 0) is 0 Å². The van der Waals surface area contributed by atoms with Gasteiger partial charge in [-0.05, 0) is 16.7 Å². The summed E-state index contributed by atoms with van der Waals surface area (Å²) >= 11 is 0. The lowest BCUT2D eigenvalue weighted by atomic mass is 10.1. The lowest BCUT2D eigenvalue weighted by molar-refractivity contribution is 1.62. The summed E-state index contributed by atoms with van der Waals surface area (Å²) in [7, 11) is 0. The van der Waals surface area contributed by atoms with E-state index in [9.17, 15) is 0 Å². The molecular formula is C20H18. The van der Waals surface area contributed by atoms with Crippen LogP contribution in [0.1, 0.15) is 16.7 Å². The van der Waals surface area contributed by atoms with Crippen molar-refractivity contribution in [2.24, 2.45) is 0 Å². The Bertz CT molecular complexity index is 611. The summed E-state index contributed by atoms with van der Waals surface area (Å²) in [5.41, 5.74) is 3.59. The molecule has 2 aromatic rings. The molecular weight excluding hydrogens is 240 g/mol. The van der Waals surface area contributed by atoms with Gasteiger partial charge in [-0.1, -0.05) is 104 Å². The molecule has 0 aromatic heterocycles. The Labute approximate surface area is 121 Å². The van der Waals surface area contributed by atoms with Crippen molar-refractivity contribution in [2.45, 2.75) is 0 Å². The van der Waals surface area contributed by atoms with Crippen molar-refractivity contribution in [1.82, 2.24) is 0 Å². The standard InChI is InChI=1S/C20H18/c1-2-3-9-19-14-16-20(17-15-19)13-8-7-12-18-10-5-4-6-11-18/h2-17H,1H2. The fraction of sp³-hybridized carbons (Fsp3) is 0. The van der Waals surface area contributed by atoms with Gasteiger partial charge in [-0.2, -0.15) is 0 Å². The molecule has 0 unspecified atom stereocenters. The summed E-state index contributed by atoms with van der Waals surface area (Å²) in [6.07, 6.45) is 14.1. The van der Waals surface area contributed by atoms with Crippen LogP contribution in [0.15, 0.2) is 85.5 Å². The van der Waals surface area contributed by atoms with E-state index in [2.05, 4.69) is 67.3 Å². The van der Waals surface area contributed by atoms with Gasteiger partial charge in [-0.15, -0.1) is 0 Å². The molecule has 0 atom stereocenters. The third-order valence-electron chi connectivity index (χ3n) is 2.85. The normalized spacial score (nSPS) is 11.6. The second-order valence-corrected chi connectivity index (χ2v) is 4.39. The molecule has 98 valence electrons. The van der Waals surface area contributed by atoms with E-state index in [1.807, 2.05) is 30.4 Å². The largest absolute Gasteiger partial charge is 0.0991 e. The highest BCUT2D eigenvalue weighted by Crippen LogP contribution is 2.08. The molecule has 0 fully saturated rings. The fourth-order valence-corrected chi connectivity index (χ4v) is 1.79. The molecule has 0 heterocycles. The van der Waals surface area contributed by atoms with E-state index in [4.69, 9.17) is 0 Å². The monoisotopic (exact) mass is 258 g/mol. The summed E-state index contributed by atoms with van der Waals surface area (Å²) in [6.45, 7) is 3.66. The fourth-order valence-electron chi connectivity index (χ4n) is 1.79. The highest BCUT2D eigenvalue weighted by molar-refractivity contribution is 5.59. The van der Waals surface area contributed by atoms with Crippen LogP contribution >= 0.6 is 0 Å². The molecule has 0 bridgehead atoms. The molecule has 0 radical (unpaired) electrons. The first kappa shape index (κ1) is 13.8. The van der Waals surface area contributed by atoms with E-state index in [1.165, 1.54) is 16.7 Å². The summed E-state index contributed by atoms with van der Waals surface area (Å²) < 4.78 is 0. The quantitative estimate of drug-likeness (QED) is 0.611. The minimum atomic E-state index is 1.18. The maximum Gasteiger partial charge on any atom is -0.0256 e. The zero-order chi connectivity index (χ0) is 14.0. The van der Waals surface area contributed by atoms with Crippen LogP contribution in [0.25, 0.3) is 18.2 Å². The SMILES string of the molecule is C=CC=Cc1ccc(C=CC=Cc2ccccc2)cc1. The van der Waals surface area contributed by atoms with Gasteiger partial charge >= 0.3 is 0 Å². The topological polar surface area (TPSA) is 0 Å². The molecule has 0 amide bonds. The average Bonchev–Trinajstić information content (AvgIpc) is 2.52. The number of hydrogen-bond acceptors (Lipinski definition) is 0. The van der Waals surface area contributed by atoms with Crippen molar-refractivity contribution >= 4 is 18.2 Å². The van der Waals surface area contributed by atoms with Gasteiger partial charge in [0.1, 0.15) is 0 Å². The van der Waals surface area contributed by atoms with Crippen molar-refractivity contribution in [3.05, 3.63) is 102 Å². The van der Waals surface area contributed by atoms with Crippen LogP contribution in [0.5, 0.6) is 0 Å². The third-order valence-corrected chi connectivity index (χ3v) is 2.85. The number of benzene rings is 2. The second-order valence-electron chi connectivity index (χ2n) is 4.39. The molecule has 0 aliphatic rings. The van der Waals surface area contributed by atoms with E-state index in [0.717, 1.165) is 0 Å². The van der Waals surface area contributed by atoms with Crippen LogP contribution in [-0.4, -0.2) is 0 Å². The van der Waals surface area contributed by atoms with E-state index in [-0.39, 0.29) is 0 Å². The lowest BCUT2D eigenvalue weighted by Gasteiger charge is -1.95. The van der Waals surface area contributed by atoms with Crippen LogP contribution < -0.4 is 0 Å². The molecule has 2 aromatic carbocycles. The Hall–Kier alpha value is -2.60. The summed E-state index contributed by atoms with van der Waals surface area (Å²) in [6, 6.07) is 18.7. The van der Waals surface area contributed by atoms with E-state index >= 15 is 0 Å². The molecule has 0 saturated carbocycles. The predicted molar refractivity (Wildman–Crippen MR) is 90.2 cm³/mol. The Balaban J connectivity index is 1.96. The Kier molecular flexibility index (Phi) is 5.36. The highest BCUT2D eigenvalue weighted by atomic mass is 13.9. The lowest BCUT2D eigenvalue weighted by Crippen LogP contribution is -1.73. The average molecular weight is 258 g/mol. The van der Waals surface area contributed by atoms with Crippen molar-refractivity contribution in [3.8, 4) is 0 Å². The first-order valence-electron chi connectivity index (χ1n) is 6.67. The van der Waals surface area contributed by atoms with Crippen molar-refractivity contribution in [3.63, 3.8) is 0 Å². The molecule has 20 heavy (non-hydrogen) atoms. The Morgan fingerprint density at radius 3 is 1.50 bits per heavy atom. The van der Waals surface area contributed by atoms with Crippen LogP contribution in [0.4, 0.5) is 0 Å².